The molecule has 0 aliphatic heterocycles. The summed E-state index contributed by atoms with van der Waals surface area (Å²) in [5.74, 6) is 1.83. The van der Waals surface area contributed by atoms with Crippen LogP contribution in [0.15, 0.2) is 66.7 Å². The Morgan fingerprint density at radius 2 is 1.63 bits per heavy atom. The lowest BCUT2D eigenvalue weighted by Crippen LogP contribution is -2.37. The molecule has 41 heavy (non-hydrogen) atoms. The smallest absolute Gasteiger partial charge is 0.222 e. The molecule has 0 fully saturated rings. The minimum atomic E-state index is 0.116. The van der Waals surface area contributed by atoms with Gasteiger partial charge in [-0.05, 0) is 86.0 Å². The zero-order chi connectivity index (χ0) is 30.2. The SMILES string of the molecule is CCC(=O)N(C)C1Cc2ccccc2C1.CCC(=O)NCCNC.Cc1cc(C#N)ccc1Oc1ccc(Cl)cc1. The Balaban J connectivity index is 0.000000226. The van der Waals surface area contributed by atoms with Crippen molar-refractivity contribution in [1.82, 2.24) is 15.5 Å². The van der Waals surface area contributed by atoms with Crippen molar-refractivity contribution in [3.63, 3.8) is 0 Å². The van der Waals surface area contributed by atoms with Gasteiger partial charge < -0.3 is 20.3 Å². The molecule has 0 saturated heterocycles. The Labute approximate surface area is 249 Å². The van der Waals surface area contributed by atoms with Crippen LogP contribution in [0.2, 0.25) is 5.02 Å². The predicted molar refractivity (Wildman–Crippen MR) is 165 cm³/mol. The molecule has 0 bridgehead atoms. The van der Waals surface area contributed by atoms with E-state index in [1.54, 1.807) is 42.5 Å². The number of halogens is 1. The van der Waals surface area contributed by atoms with E-state index < -0.39 is 0 Å². The van der Waals surface area contributed by atoms with Crippen molar-refractivity contribution >= 4 is 23.4 Å². The first-order valence-electron chi connectivity index (χ1n) is 13.9. The molecule has 0 unspecified atom stereocenters. The molecule has 2 amide bonds. The molecule has 1 aliphatic rings. The van der Waals surface area contributed by atoms with Gasteiger partial charge in [0.25, 0.3) is 0 Å². The number of benzene rings is 3. The first-order chi connectivity index (χ1) is 19.7. The fourth-order valence-electron chi connectivity index (χ4n) is 4.18. The highest BCUT2D eigenvalue weighted by molar-refractivity contribution is 6.30. The van der Waals surface area contributed by atoms with E-state index >= 15 is 0 Å². The van der Waals surface area contributed by atoms with Crippen LogP contribution < -0.4 is 15.4 Å². The molecular weight excluding hydrogens is 536 g/mol. The highest BCUT2D eigenvalue weighted by Gasteiger charge is 2.26. The number of likely N-dealkylation sites (N-methyl/N-ethyl adjacent to an activating group) is 2. The van der Waals surface area contributed by atoms with E-state index in [0.717, 1.165) is 43.0 Å². The van der Waals surface area contributed by atoms with Crippen LogP contribution in [-0.2, 0) is 22.4 Å². The standard InChI is InChI=1S/C14H10ClNO.C13H17NO.C6H14N2O/c1-10-8-11(9-16)2-7-14(10)17-13-5-3-12(15)4-6-13;1-3-13(15)14(2)12-8-10-6-4-5-7-11(10)9-12;1-3-6(9)8-5-4-7-2/h2-8H,1H3;4-7,12H,3,8-9H2,1-2H3;7H,3-5H2,1-2H3,(H,8,9). The third-order valence-electron chi connectivity index (χ3n) is 6.64. The minimum absolute atomic E-state index is 0.116. The van der Waals surface area contributed by atoms with E-state index in [9.17, 15) is 9.59 Å². The summed E-state index contributed by atoms with van der Waals surface area (Å²) in [6.07, 6.45) is 3.20. The number of amides is 2. The van der Waals surface area contributed by atoms with Gasteiger partial charge in [0.05, 0.1) is 11.6 Å². The minimum Gasteiger partial charge on any atom is -0.457 e. The van der Waals surface area contributed by atoms with Crippen LogP contribution in [0.4, 0.5) is 0 Å². The molecule has 3 aromatic carbocycles. The molecule has 1 aliphatic carbocycles. The number of nitrogens with one attached hydrogen (secondary N) is 2. The largest absolute Gasteiger partial charge is 0.457 e. The van der Waals surface area contributed by atoms with Gasteiger partial charge in [0, 0.05) is 44.0 Å². The fraction of sp³-hybridized carbons (Fsp3) is 0.364. The number of aryl methyl sites for hydroxylation is 1. The van der Waals surface area contributed by atoms with Crippen LogP contribution in [0.1, 0.15) is 48.9 Å². The fourth-order valence-corrected chi connectivity index (χ4v) is 4.30. The summed E-state index contributed by atoms with van der Waals surface area (Å²) in [6, 6.07) is 23.4. The van der Waals surface area contributed by atoms with Crippen LogP contribution >= 0.6 is 11.6 Å². The molecule has 218 valence electrons. The molecule has 3 aromatic rings. The molecule has 0 spiro atoms. The zero-order valence-corrected chi connectivity index (χ0v) is 25.4. The zero-order valence-electron chi connectivity index (χ0n) is 24.7. The maximum atomic E-state index is 11.6. The van der Waals surface area contributed by atoms with Crippen molar-refractivity contribution in [2.75, 3.05) is 27.2 Å². The van der Waals surface area contributed by atoms with Gasteiger partial charge in [-0.25, -0.2) is 0 Å². The van der Waals surface area contributed by atoms with Crippen molar-refractivity contribution in [2.45, 2.75) is 52.5 Å². The molecule has 0 aromatic heterocycles. The van der Waals surface area contributed by atoms with Gasteiger partial charge in [-0.1, -0.05) is 49.7 Å². The summed E-state index contributed by atoms with van der Waals surface area (Å²) in [5, 5.41) is 15.1. The second kappa shape index (κ2) is 17.8. The second-order valence-electron chi connectivity index (χ2n) is 9.64. The van der Waals surface area contributed by atoms with Gasteiger partial charge in [0.2, 0.25) is 11.8 Å². The Hall–Kier alpha value is -3.86. The average Bonchev–Trinajstić information content (AvgIpc) is 3.43. The van der Waals surface area contributed by atoms with Gasteiger partial charge in [-0.15, -0.1) is 0 Å². The lowest BCUT2D eigenvalue weighted by Gasteiger charge is -2.23. The Bertz CT molecular complexity index is 1280. The van der Waals surface area contributed by atoms with Crippen LogP contribution in [0.25, 0.3) is 0 Å². The third kappa shape index (κ3) is 11.3. The van der Waals surface area contributed by atoms with Crippen LogP contribution in [0.3, 0.4) is 0 Å². The summed E-state index contributed by atoms with van der Waals surface area (Å²) in [7, 11) is 3.78. The van der Waals surface area contributed by atoms with Crippen molar-refractivity contribution in [3.05, 3.63) is 94.0 Å². The van der Waals surface area contributed by atoms with E-state index in [-0.39, 0.29) is 11.8 Å². The molecule has 2 N–H and O–H groups in total. The van der Waals surface area contributed by atoms with E-state index in [1.807, 2.05) is 39.8 Å². The third-order valence-corrected chi connectivity index (χ3v) is 6.89. The number of hydrogen-bond donors (Lipinski definition) is 2. The molecule has 0 atom stereocenters. The highest BCUT2D eigenvalue weighted by atomic mass is 35.5. The van der Waals surface area contributed by atoms with E-state index in [1.165, 1.54) is 11.1 Å². The first-order valence-corrected chi connectivity index (χ1v) is 14.3. The van der Waals surface area contributed by atoms with Crippen molar-refractivity contribution in [2.24, 2.45) is 0 Å². The van der Waals surface area contributed by atoms with E-state index in [2.05, 4.69) is 41.0 Å². The maximum Gasteiger partial charge on any atom is 0.222 e. The van der Waals surface area contributed by atoms with Gasteiger partial charge in [-0.2, -0.15) is 5.26 Å². The molecular formula is C33H41ClN4O3. The van der Waals surface area contributed by atoms with E-state index in [4.69, 9.17) is 21.6 Å². The molecule has 0 radical (unpaired) electrons. The summed E-state index contributed by atoms with van der Waals surface area (Å²) in [5.41, 5.74) is 4.36. The van der Waals surface area contributed by atoms with Crippen LogP contribution in [0.5, 0.6) is 11.5 Å². The van der Waals surface area contributed by atoms with Gasteiger partial charge in [0.15, 0.2) is 0 Å². The van der Waals surface area contributed by atoms with Crippen molar-refractivity contribution < 1.29 is 14.3 Å². The van der Waals surface area contributed by atoms with Crippen molar-refractivity contribution in [1.29, 1.82) is 5.26 Å². The number of carbonyl (C=O) groups excluding carboxylic acids is 2. The van der Waals surface area contributed by atoms with Crippen LogP contribution in [0, 0.1) is 18.3 Å². The summed E-state index contributed by atoms with van der Waals surface area (Å²) < 4.78 is 5.70. The quantitative estimate of drug-likeness (QED) is 0.318. The Kier molecular flexibility index (Phi) is 14.4. The number of carbonyl (C=O) groups is 2. The number of fused-ring (bicyclic) bond motifs is 1. The maximum absolute atomic E-state index is 11.6. The van der Waals surface area contributed by atoms with Gasteiger partial charge >= 0.3 is 0 Å². The monoisotopic (exact) mass is 576 g/mol. The molecule has 0 heterocycles. The summed E-state index contributed by atoms with van der Waals surface area (Å²) >= 11 is 5.79. The molecule has 8 heteroatoms. The van der Waals surface area contributed by atoms with Crippen molar-refractivity contribution in [3.8, 4) is 17.6 Å². The molecule has 4 rings (SSSR count). The number of nitriles is 1. The van der Waals surface area contributed by atoms with Gasteiger partial charge in [0.1, 0.15) is 11.5 Å². The highest BCUT2D eigenvalue weighted by Crippen LogP contribution is 2.27. The average molecular weight is 577 g/mol. The number of rotatable bonds is 8. The lowest BCUT2D eigenvalue weighted by molar-refractivity contribution is -0.131. The normalized spacial score (nSPS) is 11.5. The summed E-state index contributed by atoms with van der Waals surface area (Å²) in [4.78, 5) is 24.0. The Morgan fingerprint density at radius 3 is 2.15 bits per heavy atom. The Morgan fingerprint density at radius 1 is 1.00 bits per heavy atom. The molecule has 7 nitrogen and oxygen atoms in total. The number of nitrogens with zero attached hydrogens (tertiary/aromatic N) is 2. The first kappa shape index (κ1) is 33.3. The second-order valence-corrected chi connectivity index (χ2v) is 10.1. The lowest BCUT2D eigenvalue weighted by atomic mass is 10.1. The molecule has 0 saturated carbocycles. The summed E-state index contributed by atoms with van der Waals surface area (Å²) in [6.45, 7) is 7.23. The van der Waals surface area contributed by atoms with Crippen LogP contribution in [-0.4, -0.2) is 49.9 Å². The topological polar surface area (TPSA) is 94.5 Å². The predicted octanol–water partition coefficient (Wildman–Crippen LogP) is 6.07. The van der Waals surface area contributed by atoms with Gasteiger partial charge in [-0.3, -0.25) is 9.59 Å². The number of ether oxygens (including phenoxy) is 1. The number of hydrogen-bond acceptors (Lipinski definition) is 5. The van der Waals surface area contributed by atoms with E-state index in [0.29, 0.717) is 29.5 Å².